The Balaban J connectivity index is 0.00000288. The van der Waals surface area contributed by atoms with Gasteiger partial charge in [-0.05, 0) is 62.9 Å². The fourth-order valence-corrected chi connectivity index (χ4v) is 2.90. The van der Waals surface area contributed by atoms with E-state index in [0.29, 0.717) is 18.0 Å². The van der Waals surface area contributed by atoms with Crippen molar-refractivity contribution in [2.24, 2.45) is 11.7 Å². The minimum atomic E-state index is -0.586. The molecule has 1 aliphatic rings. The highest BCUT2D eigenvalue weighted by molar-refractivity contribution is 5.87. The average molecular weight is 355 g/mol. The van der Waals surface area contributed by atoms with Gasteiger partial charge >= 0.3 is 6.03 Å². The van der Waals surface area contributed by atoms with Crippen LogP contribution < -0.4 is 21.7 Å². The number of hydrogen-bond donors (Lipinski definition) is 4. The van der Waals surface area contributed by atoms with E-state index in [-0.39, 0.29) is 24.4 Å². The third kappa shape index (κ3) is 6.76. The van der Waals surface area contributed by atoms with Gasteiger partial charge in [-0.3, -0.25) is 4.79 Å². The van der Waals surface area contributed by atoms with Gasteiger partial charge in [0.1, 0.15) is 0 Å². The second-order valence-electron chi connectivity index (χ2n) is 6.13. The van der Waals surface area contributed by atoms with E-state index in [1.54, 1.807) is 12.1 Å². The summed E-state index contributed by atoms with van der Waals surface area (Å²) in [5.74, 6) is 0.756. The smallest absolute Gasteiger partial charge is 0.316 e. The number of urea groups is 1. The number of hydrogen-bond acceptors (Lipinski definition) is 3. The monoisotopic (exact) mass is 354 g/mol. The highest BCUT2D eigenvalue weighted by Crippen LogP contribution is 2.19. The molecule has 1 fully saturated rings. The van der Waals surface area contributed by atoms with Crippen LogP contribution in [0.2, 0.25) is 0 Å². The molecule has 0 bridgehead atoms. The van der Waals surface area contributed by atoms with Crippen LogP contribution in [0.25, 0.3) is 0 Å². The first kappa shape index (κ1) is 20.3. The Morgan fingerprint density at radius 2 is 1.88 bits per heavy atom. The predicted molar refractivity (Wildman–Crippen MR) is 98.3 cm³/mol. The predicted octanol–water partition coefficient (Wildman–Crippen LogP) is 2.56. The van der Waals surface area contributed by atoms with Crippen molar-refractivity contribution in [1.82, 2.24) is 10.6 Å². The van der Waals surface area contributed by atoms with Crippen LogP contribution in [-0.2, 0) is 4.79 Å². The number of nitrogens with one attached hydrogen (secondary N) is 3. The van der Waals surface area contributed by atoms with Crippen molar-refractivity contribution in [3.8, 4) is 0 Å². The maximum Gasteiger partial charge on any atom is 0.316 e. The zero-order valence-electron chi connectivity index (χ0n) is 14.0. The van der Waals surface area contributed by atoms with Crippen molar-refractivity contribution in [3.63, 3.8) is 0 Å². The zero-order valence-corrected chi connectivity index (χ0v) is 14.8. The van der Waals surface area contributed by atoms with E-state index in [1.807, 2.05) is 19.1 Å². The van der Waals surface area contributed by atoms with E-state index in [1.165, 1.54) is 0 Å². The van der Waals surface area contributed by atoms with Crippen LogP contribution in [-0.4, -0.2) is 25.0 Å². The molecule has 1 atom stereocenters. The summed E-state index contributed by atoms with van der Waals surface area (Å²) in [5, 5.41) is 8.88. The molecule has 5 N–H and O–H groups in total. The van der Waals surface area contributed by atoms with Gasteiger partial charge < -0.3 is 21.7 Å². The maximum absolute atomic E-state index is 12.1. The second-order valence-corrected chi connectivity index (χ2v) is 6.13. The molecule has 1 saturated heterocycles. The molecule has 7 heteroatoms. The van der Waals surface area contributed by atoms with Crippen LogP contribution in [0, 0.1) is 5.92 Å². The summed E-state index contributed by atoms with van der Waals surface area (Å²) >= 11 is 0. The Bertz CT molecular complexity index is 530. The number of nitrogens with two attached hydrogens (primary N) is 1. The molecule has 1 aliphatic heterocycles. The van der Waals surface area contributed by atoms with Crippen LogP contribution in [0.15, 0.2) is 24.3 Å². The van der Waals surface area contributed by atoms with Gasteiger partial charge in [-0.2, -0.15) is 0 Å². The largest absolute Gasteiger partial charge is 0.351 e. The van der Waals surface area contributed by atoms with Gasteiger partial charge in [0, 0.05) is 12.1 Å². The Morgan fingerprint density at radius 1 is 1.25 bits per heavy atom. The normalized spacial score (nSPS) is 15.9. The fourth-order valence-electron chi connectivity index (χ4n) is 2.90. The van der Waals surface area contributed by atoms with Crippen molar-refractivity contribution in [2.45, 2.75) is 38.6 Å². The van der Waals surface area contributed by atoms with E-state index in [9.17, 15) is 9.59 Å². The van der Waals surface area contributed by atoms with Gasteiger partial charge in [0.15, 0.2) is 0 Å². The molecule has 1 unspecified atom stereocenters. The Labute approximate surface area is 149 Å². The van der Waals surface area contributed by atoms with Gasteiger partial charge in [0.05, 0.1) is 6.04 Å². The van der Waals surface area contributed by atoms with Gasteiger partial charge in [-0.1, -0.05) is 12.1 Å². The summed E-state index contributed by atoms with van der Waals surface area (Å²) in [6, 6.07) is 6.66. The van der Waals surface area contributed by atoms with Crippen molar-refractivity contribution < 1.29 is 9.59 Å². The van der Waals surface area contributed by atoms with Crippen molar-refractivity contribution >= 4 is 30.0 Å². The number of amides is 3. The van der Waals surface area contributed by atoms with Crippen LogP contribution in [0.5, 0.6) is 0 Å². The molecule has 0 aromatic heterocycles. The van der Waals surface area contributed by atoms with Crippen LogP contribution in [0.3, 0.4) is 0 Å². The van der Waals surface area contributed by atoms with Crippen molar-refractivity contribution in [1.29, 1.82) is 0 Å². The number of halogens is 1. The molecule has 0 saturated carbocycles. The maximum atomic E-state index is 12.1. The van der Waals surface area contributed by atoms with E-state index in [0.717, 1.165) is 37.9 Å². The Morgan fingerprint density at radius 3 is 2.46 bits per heavy atom. The molecule has 0 spiro atoms. The Hall–Kier alpha value is -1.79. The SMILES string of the molecule is CC(NC(=O)CCC1CCNCC1)c1ccc(NC(N)=O)cc1.Cl. The molecule has 0 radical (unpaired) electrons. The highest BCUT2D eigenvalue weighted by Gasteiger charge is 2.15. The van der Waals surface area contributed by atoms with E-state index in [4.69, 9.17) is 5.73 Å². The molecule has 24 heavy (non-hydrogen) atoms. The first-order valence-electron chi connectivity index (χ1n) is 8.21. The lowest BCUT2D eigenvalue weighted by Gasteiger charge is -2.22. The van der Waals surface area contributed by atoms with E-state index in [2.05, 4.69) is 16.0 Å². The molecule has 1 aromatic rings. The molecule has 134 valence electrons. The summed E-state index contributed by atoms with van der Waals surface area (Å²) in [6.45, 7) is 4.09. The molecule has 6 nitrogen and oxygen atoms in total. The number of primary amides is 1. The quantitative estimate of drug-likeness (QED) is 0.632. The van der Waals surface area contributed by atoms with Gasteiger partial charge in [-0.15, -0.1) is 12.4 Å². The van der Waals surface area contributed by atoms with Gasteiger partial charge in [0.25, 0.3) is 0 Å². The van der Waals surface area contributed by atoms with Crippen LogP contribution in [0.4, 0.5) is 10.5 Å². The molecule has 1 heterocycles. The molecular weight excluding hydrogens is 328 g/mol. The Kier molecular flexibility index (Phi) is 8.57. The second kappa shape index (κ2) is 10.2. The molecular formula is C17H27ClN4O2. The molecule has 1 aromatic carbocycles. The number of rotatable bonds is 6. The van der Waals surface area contributed by atoms with Crippen molar-refractivity contribution in [2.75, 3.05) is 18.4 Å². The van der Waals surface area contributed by atoms with Crippen LogP contribution >= 0.6 is 12.4 Å². The lowest BCUT2D eigenvalue weighted by molar-refractivity contribution is -0.122. The number of benzene rings is 1. The van der Waals surface area contributed by atoms with Crippen LogP contribution in [0.1, 0.15) is 44.2 Å². The summed E-state index contributed by atoms with van der Waals surface area (Å²) in [5.41, 5.74) is 6.71. The number of anilines is 1. The molecule has 2 rings (SSSR count). The summed E-state index contributed by atoms with van der Waals surface area (Å²) in [7, 11) is 0. The topological polar surface area (TPSA) is 96.2 Å². The number of piperidine rings is 1. The van der Waals surface area contributed by atoms with E-state index < -0.39 is 6.03 Å². The zero-order chi connectivity index (χ0) is 16.7. The summed E-state index contributed by atoms with van der Waals surface area (Å²) in [6.07, 6.45) is 3.87. The lowest BCUT2D eigenvalue weighted by Crippen LogP contribution is -2.30. The van der Waals surface area contributed by atoms with Gasteiger partial charge in [-0.25, -0.2) is 4.79 Å². The van der Waals surface area contributed by atoms with E-state index >= 15 is 0 Å². The first-order chi connectivity index (χ1) is 11.0. The highest BCUT2D eigenvalue weighted by atomic mass is 35.5. The third-order valence-corrected chi connectivity index (χ3v) is 4.29. The third-order valence-electron chi connectivity index (χ3n) is 4.29. The minimum Gasteiger partial charge on any atom is -0.351 e. The molecule has 0 aliphatic carbocycles. The number of carbonyl (C=O) groups is 2. The van der Waals surface area contributed by atoms with Crippen molar-refractivity contribution in [3.05, 3.63) is 29.8 Å². The molecule has 3 amide bonds. The minimum absolute atomic E-state index is 0. The first-order valence-corrected chi connectivity index (χ1v) is 8.21. The lowest BCUT2D eigenvalue weighted by atomic mass is 9.93. The summed E-state index contributed by atoms with van der Waals surface area (Å²) < 4.78 is 0. The fraction of sp³-hybridized carbons (Fsp3) is 0.529. The van der Waals surface area contributed by atoms with Gasteiger partial charge in [0.2, 0.25) is 5.91 Å². The standard InChI is InChI=1S/C17H26N4O2.ClH/c1-12(14-3-5-15(6-4-14)21-17(18)23)20-16(22)7-2-13-8-10-19-11-9-13;/h3-6,12-13,19H,2,7-11H2,1H3,(H,20,22)(H3,18,21,23);1H. The number of carbonyl (C=O) groups excluding carboxylic acids is 2. The summed E-state index contributed by atoms with van der Waals surface area (Å²) in [4.78, 5) is 22.9. The average Bonchev–Trinajstić information content (AvgIpc) is 2.54.